The van der Waals surface area contributed by atoms with Gasteiger partial charge >= 0.3 is 0 Å². The lowest BCUT2D eigenvalue weighted by Crippen LogP contribution is -2.41. The summed E-state index contributed by atoms with van der Waals surface area (Å²) in [7, 11) is 0. The van der Waals surface area contributed by atoms with Crippen LogP contribution in [0.1, 0.15) is 86.5 Å². The molecule has 2 aromatic carbocycles. The van der Waals surface area contributed by atoms with Crippen LogP contribution in [-0.4, -0.2) is 46.8 Å². The quantitative estimate of drug-likeness (QED) is 0.308. The molecule has 2 aliphatic rings. The van der Waals surface area contributed by atoms with Crippen LogP contribution in [0.25, 0.3) is 10.9 Å². The van der Waals surface area contributed by atoms with Crippen molar-refractivity contribution in [2.75, 3.05) is 19.7 Å². The first kappa shape index (κ1) is 29.1. The minimum Gasteiger partial charge on any atom is -0.402 e. The monoisotopic (exact) mass is 558 g/mol. The van der Waals surface area contributed by atoms with Crippen LogP contribution in [0, 0.1) is 25.6 Å². The number of halogens is 1. The largest absolute Gasteiger partial charge is 0.402 e. The van der Waals surface area contributed by atoms with E-state index in [0.29, 0.717) is 47.9 Å². The van der Waals surface area contributed by atoms with Crippen molar-refractivity contribution in [3.8, 4) is 0 Å². The molecule has 1 aromatic heterocycles. The highest BCUT2D eigenvalue weighted by Crippen LogP contribution is 2.37. The predicted octanol–water partition coefficient (Wildman–Crippen LogP) is 7.47. The highest BCUT2D eigenvalue weighted by Gasteiger charge is 2.31. The number of aliphatic imine (C=N–C) groups is 1. The molecular weight excluding hydrogens is 515 g/mol. The molecule has 3 aromatic rings. The molecular formula is C34H43FN4O2. The van der Waals surface area contributed by atoms with Gasteiger partial charge in [-0.15, -0.1) is 0 Å². The van der Waals surface area contributed by atoms with Crippen LogP contribution in [0.2, 0.25) is 0 Å². The number of aryl methyl sites for hydroxylation is 2. The van der Waals surface area contributed by atoms with Crippen LogP contribution in [0.15, 0.2) is 52.7 Å². The van der Waals surface area contributed by atoms with Gasteiger partial charge in [-0.1, -0.05) is 19.9 Å². The topological polar surface area (TPSA) is 83.7 Å². The Bertz CT molecular complexity index is 1510. The number of nitrogens with one attached hydrogen (secondary N) is 1. The first-order valence-electron chi connectivity index (χ1n) is 14.8. The Morgan fingerprint density at radius 2 is 1.95 bits per heavy atom. The third-order valence-electron chi connectivity index (χ3n) is 8.78. The Labute approximate surface area is 242 Å². The molecule has 1 fully saturated rings. The van der Waals surface area contributed by atoms with E-state index in [-0.39, 0.29) is 23.2 Å². The Morgan fingerprint density at radius 1 is 1.22 bits per heavy atom. The van der Waals surface area contributed by atoms with E-state index in [0.717, 1.165) is 53.8 Å². The number of aromatic amines is 1. The predicted molar refractivity (Wildman–Crippen MR) is 164 cm³/mol. The smallest absolute Gasteiger partial charge is 0.270 e. The van der Waals surface area contributed by atoms with Gasteiger partial charge in [0.15, 0.2) is 0 Å². The molecule has 5 rings (SSSR count). The molecule has 2 unspecified atom stereocenters. The average Bonchev–Trinajstić information content (AvgIpc) is 3.37. The maximum absolute atomic E-state index is 14.3. The van der Waals surface area contributed by atoms with Crippen molar-refractivity contribution in [1.82, 2.24) is 9.88 Å². The van der Waals surface area contributed by atoms with Crippen LogP contribution in [0.3, 0.4) is 0 Å². The molecule has 41 heavy (non-hydrogen) atoms. The number of ether oxygens (including phenoxy) is 1. The minimum absolute atomic E-state index is 0.0445. The van der Waals surface area contributed by atoms with Crippen LogP contribution >= 0.6 is 0 Å². The number of rotatable bonds is 6. The summed E-state index contributed by atoms with van der Waals surface area (Å²) in [6, 6.07) is 12.0. The van der Waals surface area contributed by atoms with E-state index in [9.17, 15) is 9.18 Å². The zero-order chi connectivity index (χ0) is 29.5. The van der Waals surface area contributed by atoms with E-state index in [1.54, 1.807) is 26.0 Å². The normalized spacial score (nSPS) is 20.5. The number of benzene rings is 2. The van der Waals surface area contributed by atoms with E-state index in [1.807, 2.05) is 11.0 Å². The number of fused-ring (bicyclic) bond motifs is 1. The Balaban J connectivity index is 1.40. The van der Waals surface area contributed by atoms with Crippen LogP contribution in [0.5, 0.6) is 0 Å². The summed E-state index contributed by atoms with van der Waals surface area (Å²) >= 11 is 0. The number of aromatic nitrogens is 1. The van der Waals surface area contributed by atoms with E-state index in [1.165, 1.54) is 5.56 Å². The van der Waals surface area contributed by atoms with Crippen LogP contribution in [0.4, 0.5) is 10.1 Å². The van der Waals surface area contributed by atoms with Crippen molar-refractivity contribution in [2.45, 2.75) is 78.7 Å². The maximum Gasteiger partial charge on any atom is 0.270 e. The number of H-pyrrole nitrogens is 1. The number of hydrogen-bond donors (Lipinski definition) is 2. The van der Waals surface area contributed by atoms with E-state index < -0.39 is 0 Å². The second kappa shape index (κ2) is 11.4. The first-order chi connectivity index (χ1) is 19.5. The standard InChI is InChI=1S/C34H43FN4O2/c1-7-20(2)32(37-26-14-21(3)31(35)22(4)15-26)27-19-39(12-10-28(27)36)33(40)30-17-25-16-23(8-9-29(25)38-30)24-11-13-41-34(5,6)18-24/h8-9,14-17,20,24,38H,7,10-13,18-19,36H2,1-6H3. The first-order valence-corrected chi connectivity index (χ1v) is 14.8. The van der Waals surface area contributed by atoms with Gasteiger partial charge in [0, 0.05) is 48.3 Å². The molecule has 1 amide bonds. The number of nitrogens with zero attached hydrogens (tertiary/aromatic N) is 2. The summed E-state index contributed by atoms with van der Waals surface area (Å²) in [6.07, 6.45) is 3.45. The fourth-order valence-corrected chi connectivity index (χ4v) is 6.20. The molecule has 3 heterocycles. The fourth-order valence-electron chi connectivity index (χ4n) is 6.20. The highest BCUT2D eigenvalue weighted by molar-refractivity contribution is 6.05. The lowest BCUT2D eigenvalue weighted by Gasteiger charge is -2.35. The van der Waals surface area contributed by atoms with Gasteiger partial charge in [-0.05, 0) is 106 Å². The number of hydrogen-bond acceptors (Lipinski definition) is 4. The number of carbonyl (C=O) groups excluding carboxylic acids is 1. The number of nitrogens with two attached hydrogens (primary N) is 1. The fraction of sp³-hybridized carbons (Fsp3) is 0.471. The van der Waals surface area contributed by atoms with Crippen molar-refractivity contribution < 1.29 is 13.9 Å². The summed E-state index contributed by atoms with van der Waals surface area (Å²) in [5.41, 5.74) is 13.7. The Hall–Kier alpha value is -3.45. The molecule has 1 saturated heterocycles. The lowest BCUT2D eigenvalue weighted by atomic mass is 9.83. The van der Waals surface area contributed by atoms with E-state index in [2.05, 4.69) is 50.9 Å². The van der Waals surface area contributed by atoms with Gasteiger partial charge in [0.1, 0.15) is 11.5 Å². The number of amides is 1. The van der Waals surface area contributed by atoms with Gasteiger partial charge in [-0.3, -0.25) is 9.79 Å². The Kier molecular flexibility index (Phi) is 8.11. The SMILES string of the molecule is CCC(C)C(=Nc1cc(C)c(F)c(C)c1)C1=C(N)CCN(C(=O)c2cc3cc(C4CCOC(C)(C)C4)ccc3[nH]2)C1. The molecule has 3 N–H and O–H groups in total. The van der Waals surface area contributed by atoms with Crippen molar-refractivity contribution in [3.63, 3.8) is 0 Å². The molecule has 0 bridgehead atoms. The van der Waals surface area contributed by atoms with Crippen LogP contribution < -0.4 is 5.73 Å². The third-order valence-corrected chi connectivity index (χ3v) is 8.78. The number of carbonyl (C=O) groups is 1. The molecule has 2 atom stereocenters. The summed E-state index contributed by atoms with van der Waals surface area (Å²) in [6.45, 7) is 13.8. The lowest BCUT2D eigenvalue weighted by molar-refractivity contribution is -0.0592. The van der Waals surface area contributed by atoms with Crippen molar-refractivity contribution in [2.24, 2.45) is 16.6 Å². The molecule has 0 saturated carbocycles. The summed E-state index contributed by atoms with van der Waals surface area (Å²) in [5, 5.41) is 1.05. The average molecular weight is 559 g/mol. The molecule has 0 aliphatic carbocycles. The zero-order valence-electron chi connectivity index (χ0n) is 25.2. The zero-order valence-corrected chi connectivity index (χ0v) is 25.2. The highest BCUT2D eigenvalue weighted by atomic mass is 19.1. The van der Waals surface area contributed by atoms with E-state index in [4.69, 9.17) is 15.5 Å². The minimum atomic E-state index is -0.204. The van der Waals surface area contributed by atoms with Gasteiger partial charge < -0.3 is 20.4 Å². The second-order valence-electron chi connectivity index (χ2n) is 12.5. The van der Waals surface area contributed by atoms with Gasteiger partial charge in [0.25, 0.3) is 5.91 Å². The molecule has 218 valence electrons. The van der Waals surface area contributed by atoms with Crippen molar-refractivity contribution in [1.29, 1.82) is 0 Å². The van der Waals surface area contributed by atoms with Gasteiger partial charge in [0.05, 0.1) is 17.0 Å². The summed E-state index contributed by atoms with van der Waals surface area (Å²) in [4.78, 5) is 24.0. The van der Waals surface area contributed by atoms with Gasteiger partial charge in [-0.2, -0.15) is 0 Å². The van der Waals surface area contributed by atoms with Gasteiger partial charge in [-0.25, -0.2) is 4.39 Å². The van der Waals surface area contributed by atoms with Crippen molar-refractivity contribution >= 4 is 28.2 Å². The molecule has 6 nitrogen and oxygen atoms in total. The van der Waals surface area contributed by atoms with E-state index >= 15 is 0 Å². The maximum atomic E-state index is 14.3. The summed E-state index contributed by atoms with van der Waals surface area (Å²) in [5.74, 6) is 0.328. The molecule has 2 aliphatic heterocycles. The summed E-state index contributed by atoms with van der Waals surface area (Å²) < 4.78 is 20.2. The molecule has 0 spiro atoms. The van der Waals surface area contributed by atoms with Crippen LogP contribution in [-0.2, 0) is 4.74 Å². The molecule has 0 radical (unpaired) electrons. The third kappa shape index (κ3) is 6.10. The molecule has 7 heteroatoms. The van der Waals surface area contributed by atoms with Gasteiger partial charge in [0.2, 0.25) is 0 Å². The van der Waals surface area contributed by atoms with Crippen molar-refractivity contribution in [3.05, 3.63) is 75.9 Å². The second-order valence-corrected chi connectivity index (χ2v) is 12.5. The Morgan fingerprint density at radius 3 is 2.63 bits per heavy atom.